The molecule has 2 aromatic carbocycles. The van der Waals surface area contributed by atoms with Crippen molar-refractivity contribution in [1.29, 1.82) is 0 Å². The van der Waals surface area contributed by atoms with Gasteiger partial charge in [-0.1, -0.05) is 18.2 Å². The zero-order valence-corrected chi connectivity index (χ0v) is 13.5. The largest absolute Gasteiger partial charge is 0.494 e. The summed E-state index contributed by atoms with van der Waals surface area (Å²) in [5, 5.41) is 5.58. The molecular weight excluding hydrogens is 306 g/mol. The third-order valence-corrected chi connectivity index (χ3v) is 3.38. The Kier molecular flexibility index (Phi) is 6.33. The van der Waals surface area contributed by atoms with Crippen molar-refractivity contribution in [3.05, 3.63) is 54.1 Å². The zero-order valence-electron chi connectivity index (χ0n) is 13.5. The fourth-order valence-electron chi connectivity index (χ4n) is 2.14. The van der Waals surface area contributed by atoms with Crippen LogP contribution in [0.5, 0.6) is 5.75 Å². The van der Waals surface area contributed by atoms with Gasteiger partial charge in [-0.15, -0.1) is 0 Å². The number of nitrogens with one attached hydrogen (secondary N) is 2. The molecule has 6 heteroatoms. The van der Waals surface area contributed by atoms with Crippen molar-refractivity contribution in [1.82, 2.24) is 0 Å². The first-order valence-corrected chi connectivity index (χ1v) is 7.68. The number of hydrogen-bond acceptors (Lipinski definition) is 4. The minimum Gasteiger partial charge on any atom is -0.494 e. The van der Waals surface area contributed by atoms with Gasteiger partial charge in [-0.2, -0.15) is 0 Å². The van der Waals surface area contributed by atoms with Gasteiger partial charge in [0.2, 0.25) is 5.91 Å². The number of hydrogen-bond donors (Lipinski definition) is 3. The van der Waals surface area contributed by atoms with Gasteiger partial charge in [-0.25, -0.2) is 0 Å². The topological polar surface area (TPSA) is 93.4 Å². The number of carbonyl (C=O) groups excluding carboxylic acids is 2. The molecule has 0 spiro atoms. The fraction of sp³-hybridized carbons (Fsp3) is 0.222. The highest BCUT2D eigenvalue weighted by Gasteiger charge is 2.11. The van der Waals surface area contributed by atoms with E-state index in [-0.39, 0.29) is 11.8 Å². The maximum absolute atomic E-state index is 12.2. The molecule has 2 amide bonds. The average Bonchev–Trinajstić information content (AvgIpc) is 2.61. The van der Waals surface area contributed by atoms with Crippen LogP contribution >= 0.6 is 0 Å². The quantitative estimate of drug-likeness (QED) is 0.729. The van der Waals surface area contributed by atoms with Gasteiger partial charge in [0.25, 0.3) is 5.91 Å². The summed E-state index contributed by atoms with van der Waals surface area (Å²) >= 11 is 0. The summed E-state index contributed by atoms with van der Waals surface area (Å²) in [5.74, 6) is 0.133. The van der Waals surface area contributed by atoms with Crippen LogP contribution in [0.3, 0.4) is 0 Å². The Labute approximate surface area is 141 Å². The molecule has 0 bridgehead atoms. The molecule has 0 saturated heterocycles. The van der Waals surface area contributed by atoms with Crippen molar-refractivity contribution in [2.45, 2.75) is 12.8 Å². The van der Waals surface area contributed by atoms with E-state index in [0.29, 0.717) is 42.1 Å². The van der Waals surface area contributed by atoms with E-state index in [1.165, 1.54) is 7.11 Å². The van der Waals surface area contributed by atoms with Crippen LogP contribution in [0.15, 0.2) is 48.5 Å². The lowest BCUT2D eigenvalue weighted by Crippen LogP contribution is -2.14. The van der Waals surface area contributed by atoms with Gasteiger partial charge in [0, 0.05) is 23.7 Å². The standard InChI is InChI=1S/C18H21N3O3/c1-24-16-12-14(20-17(22)8-5-11-19)9-10-15(16)21-18(23)13-6-3-2-4-7-13/h2-4,6-7,9-10,12H,5,8,11,19H2,1H3,(H,20,22)(H,21,23). The summed E-state index contributed by atoms with van der Waals surface area (Å²) < 4.78 is 5.30. The third-order valence-electron chi connectivity index (χ3n) is 3.38. The maximum Gasteiger partial charge on any atom is 0.255 e. The van der Waals surface area contributed by atoms with Crippen LogP contribution in [0.2, 0.25) is 0 Å². The number of anilines is 2. The monoisotopic (exact) mass is 327 g/mol. The van der Waals surface area contributed by atoms with Gasteiger partial charge >= 0.3 is 0 Å². The highest BCUT2D eigenvalue weighted by molar-refractivity contribution is 6.05. The molecule has 0 aliphatic heterocycles. The highest BCUT2D eigenvalue weighted by atomic mass is 16.5. The molecule has 24 heavy (non-hydrogen) atoms. The molecule has 0 aliphatic carbocycles. The SMILES string of the molecule is COc1cc(NC(=O)CCCN)ccc1NC(=O)c1ccccc1. The summed E-state index contributed by atoms with van der Waals surface area (Å²) in [4.78, 5) is 24.0. The highest BCUT2D eigenvalue weighted by Crippen LogP contribution is 2.28. The first kappa shape index (κ1) is 17.5. The van der Waals surface area contributed by atoms with E-state index in [2.05, 4.69) is 10.6 Å². The smallest absolute Gasteiger partial charge is 0.255 e. The number of carbonyl (C=O) groups is 2. The number of amides is 2. The number of ether oxygens (including phenoxy) is 1. The second kappa shape index (κ2) is 8.69. The minimum absolute atomic E-state index is 0.108. The second-order valence-electron chi connectivity index (χ2n) is 5.18. The van der Waals surface area contributed by atoms with Crippen LogP contribution in [0.4, 0.5) is 11.4 Å². The summed E-state index contributed by atoms with van der Waals surface area (Å²) in [7, 11) is 1.51. The molecule has 2 aromatic rings. The lowest BCUT2D eigenvalue weighted by molar-refractivity contribution is -0.116. The lowest BCUT2D eigenvalue weighted by atomic mass is 10.2. The Hall–Kier alpha value is -2.86. The summed E-state index contributed by atoms with van der Waals surface area (Å²) in [6.07, 6.45) is 0.999. The Morgan fingerprint density at radius 2 is 1.83 bits per heavy atom. The fourth-order valence-corrected chi connectivity index (χ4v) is 2.14. The first-order valence-electron chi connectivity index (χ1n) is 7.68. The van der Waals surface area contributed by atoms with Crippen LogP contribution in [0, 0.1) is 0 Å². The van der Waals surface area contributed by atoms with Crippen LogP contribution in [-0.4, -0.2) is 25.5 Å². The first-order chi connectivity index (χ1) is 11.6. The molecule has 126 valence electrons. The predicted molar refractivity (Wildman–Crippen MR) is 94.3 cm³/mol. The van der Waals surface area contributed by atoms with Crippen molar-refractivity contribution < 1.29 is 14.3 Å². The number of nitrogens with two attached hydrogens (primary N) is 1. The van der Waals surface area contributed by atoms with Crippen molar-refractivity contribution in [3.8, 4) is 5.75 Å². The molecule has 0 unspecified atom stereocenters. The minimum atomic E-state index is -0.228. The van der Waals surface area contributed by atoms with Crippen molar-refractivity contribution in [2.75, 3.05) is 24.3 Å². The second-order valence-corrected chi connectivity index (χ2v) is 5.18. The Morgan fingerprint density at radius 1 is 1.08 bits per heavy atom. The number of rotatable bonds is 7. The Morgan fingerprint density at radius 3 is 2.50 bits per heavy atom. The van der Waals surface area contributed by atoms with Gasteiger partial charge in [-0.05, 0) is 37.2 Å². The van der Waals surface area contributed by atoms with Crippen LogP contribution < -0.4 is 21.1 Å². The summed E-state index contributed by atoms with van der Waals surface area (Å²) in [5.41, 5.74) is 7.08. The van der Waals surface area contributed by atoms with Crippen LogP contribution in [0.25, 0.3) is 0 Å². The summed E-state index contributed by atoms with van der Waals surface area (Å²) in [6.45, 7) is 0.473. The molecule has 0 radical (unpaired) electrons. The van der Waals surface area contributed by atoms with E-state index in [1.807, 2.05) is 6.07 Å². The molecule has 0 aromatic heterocycles. The third kappa shape index (κ3) is 4.82. The van der Waals surface area contributed by atoms with Crippen molar-refractivity contribution in [3.63, 3.8) is 0 Å². The van der Waals surface area contributed by atoms with E-state index in [0.717, 1.165) is 0 Å². The normalized spacial score (nSPS) is 10.1. The molecule has 0 fully saturated rings. The van der Waals surface area contributed by atoms with E-state index in [4.69, 9.17) is 10.5 Å². The molecular formula is C18H21N3O3. The van der Waals surface area contributed by atoms with E-state index in [1.54, 1.807) is 42.5 Å². The molecule has 0 saturated carbocycles. The van der Waals surface area contributed by atoms with Gasteiger partial charge < -0.3 is 21.1 Å². The zero-order chi connectivity index (χ0) is 17.4. The van der Waals surface area contributed by atoms with Crippen LogP contribution in [0.1, 0.15) is 23.2 Å². The average molecular weight is 327 g/mol. The van der Waals surface area contributed by atoms with Crippen molar-refractivity contribution in [2.24, 2.45) is 5.73 Å². The lowest BCUT2D eigenvalue weighted by Gasteiger charge is -2.12. The van der Waals surface area contributed by atoms with Gasteiger partial charge in [-0.3, -0.25) is 9.59 Å². The predicted octanol–water partition coefficient (Wildman–Crippen LogP) is 2.62. The maximum atomic E-state index is 12.2. The Balaban J connectivity index is 2.08. The molecule has 0 atom stereocenters. The molecule has 6 nitrogen and oxygen atoms in total. The Bertz CT molecular complexity index is 702. The van der Waals surface area contributed by atoms with Gasteiger partial charge in [0.1, 0.15) is 5.75 Å². The molecule has 2 rings (SSSR count). The van der Waals surface area contributed by atoms with Crippen molar-refractivity contribution >= 4 is 23.2 Å². The molecule has 0 aliphatic rings. The van der Waals surface area contributed by atoms with E-state index in [9.17, 15) is 9.59 Å². The number of methoxy groups -OCH3 is 1. The van der Waals surface area contributed by atoms with Gasteiger partial charge in [0.15, 0.2) is 0 Å². The van der Waals surface area contributed by atoms with Gasteiger partial charge in [0.05, 0.1) is 12.8 Å². The number of benzene rings is 2. The van der Waals surface area contributed by atoms with E-state index < -0.39 is 0 Å². The molecule has 4 N–H and O–H groups in total. The summed E-state index contributed by atoms with van der Waals surface area (Å²) in [6, 6.07) is 14.0. The van der Waals surface area contributed by atoms with Crippen LogP contribution in [-0.2, 0) is 4.79 Å². The van der Waals surface area contributed by atoms with E-state index >= 15 is 0 Å². The molecule has 0 heterocycles.